The quantitative estimate of drug-likeness (QED) is 0.828. The van der Waals surface area contributed by atoms with E-state index in [0.717, 1.165) is 36.3 Å². The molecule has 1 aliphatic rings. The lowest BCUT2D eigenvalue weighted by Gasteiger charge is -2.16. The molecule has 3 nitrogen and oxygen atoms in total. The highest BCUT2D eigenvalue weighted by atomic mass is 35.5. The van der Waals surface area contributed by atoms with Gasteiger partial charge in [-0.25, -0.2) is 0 Å². The summed E-state index contributed by atoms with van der Waals surface area (Å²) in [5.74, 6) is 1.50. The highest BCUT2D eigenvalue weighted by molar-refractivity contribution is 6.31. The summed E-state index contributed by atoms with van der Waals surface area (Å²) in [6.07, 6.45) is 5.37. The number of halogens is 1. The van der Waals surface area contributed by atoms with Gasteiger partial charge in [0.25, 0.3) is 0 Å². The SMILES string of the molecule is CCCCCC(N)c1cc2c(cc1Cl)OCCCO2. The number of benzene rings is 1. The van der Waals surface area contributed by atoms with Crippen LogP contribution in [0.3, 0.4) is 0 Å². The van der Waals surface area contributed by atoms with Gasteiger partial charge in [-0.1, -0.05) is 37.8 Å². The average Bonchev–Trinajstić information content (AvgIpc) is 2.62. The van der Waals surface area contributed by atoms with E-state index < -0.39 is 0 Å². The van der Waals surface area contributed by atoms with Crippen molar-refractivity contribution in [1.82, 2.24) is 0 Å². The molecule has 1 aliphatic heterocycles. The van der Waals surface area contributed by atoms with Crippen molar-refractivity contribution in [3.05, 3.63) is 22.7 Å². The van der Waals surface area contributed by atoms with Crippen molar-refractivity contribution in [2.75, 3.05) is 13.2 Å². The zero-order valence-electron chi connectivity index (χ0n) is 11.5. The van der Waals surface area contributed by atoms with Crippen molar-refractivity contribution in [2.24, 2.45) is 5.73 Å². The topological polar surface area (TPSA) is 44.5 Å². The molecule has 0 saturated carbocycles. The van der Waals surface area contributed by atoms with Crippen molar-refractivity contribution in [2.45, 2.75) is 45.1 Å². The van der Waals surface area contributed by atoms with E-state index in [1.54, 1.807) is 0 Å². The summed E-state index contributed by atoms with van der Waals surface area (Å²) >= 11 is 6.31. The minimum absolute atomic E-state index is 0.0313. The Balaban J connectivity index is 2.14. The van der Waals surface area contributed by atoms with Gasteiger partial charge in [0.2, 0.25) is 0 Å². The highest BCUT2D eigenvalue weighted by Gasteiger charge is 2.17. The fraction of sp³-hybridized carbons (Fsp3) is 0.600. The van der Waals surface area contributed by atoms with Crippen molar-refractivity contribution < 1.29 is 9.47 Å². The minimum Gasteiger partial charge on any atom is -0.490 e. The maximum atomic E-state index is 6.31. The van der Waals surface area contributed by atoms with Crippen LogP contribution in [0, 0.1) is 0 Å². The number of nitrogens with two attached hydrogens (primary N) is 1. The summed E-state index contributed by atoms with van der Waals surface area (Å²) < 4.78 is 11.3. The first kappa shape index (κ1) is 14.5. The number of unbranched alkanes of at least 4 members (excludes halogenated alkanes) is 2. The Kier molecular flexibility index (Phi) is 5.34. The first-order chi connectivity index (χ1) is 9.22. The smallest absolute Gasteiger partial charge is 0.162 e. The molecule has 0 aliphatic carbocycles. The van der Waals surface area contributed by atoms with Crippen LogP contribution in [0.2, 0.25) is 5.02 Å². The third-order valence-electron chi connectivity index (χ3n) is 3.38. The standard InChI is InChI=1S/C15H22ClNO2/c1-2-3-4-6-13(17)11-9-14-15(10-12(11)16)19-8-5-7-18-14/h9-10,13H,2-8,17H2,1H3. The third-order valence-corrected chi connectivity index (χ3v) is 3.71. The van der Waals surface area contributed by atoms with E-state index in [1.807, 2.05) is 12.1 Å². The molecule has 0 aromatic heterocycles. The van der Waals surface area contributed by atoms with Crippen molar-refractivity contribution in [3.8, 4) is 11.5 Å². The molecule has 1 aromatic carbocycles. The van der Waals surface area contributed by atoms with Crippen LogP contribution in [-0.2, 0) is 0 Å². The molecule has 2 N–H and O–H groups in total. The molecule has 0 fully saturated rings. The largest absolute Gasteiger partial charge is 0.490 e. The summed E-state index contributed by atoms with van der Waals surface area (Å²) in [5.41, 5.74) is 7.19. The Morgan fingerprint density at radius 3 is 2.58 bits per heavy atom. The predicted molar refractivity (Wildman–Crippen MR) is 78.1 cm³/mol. The summed E-state index contributed by atoms with van der Waals surface area (Å²) in [6.45, 7) is 3.54. The monoisotopic (exact) mass is 283 g/mol. The molecule has 0 radical (unpaired) electrons. The Morgan fingerprint density at radius 2 is 1.89 bits per heavy atom. The lowest BCUT2D eigenvalue weighted by molar-refractivity contribution is 0.297. The van der Waals surface area contributed by atoms with E-state index in [1.165, 1.54) is 12.8 Å². The van der Waals surface area contributed by atoms with Crippen LogP contribution < -0.4 is 15.2 Å². The molecule has 19 heavy (non-hydrogen) atoms. The first-order valence-corrected chi connectivity index (χ1v) is 7.44. The number of ether oxygens (including phenoxy) is 2. The van der Waals surface area contributed by atoms with Crippen molar-refractivity contribution in [1.29, 1.82) is 0 Å². The van der Waals surface area contributed by atoms with E-state index >= 15 is 0 Å². The van der Waals surface area contributed by atoms with Crippen molar-refractivity contribution in [3.63, 3.8) is 0 Å². The summed E-state index contributed by atoms with van der Waals surface area (Å²) in [7, 11) is 0. The maximum absolute atomic E-state index is 6.31. The molecule has 1 aromatic rings. The zero-order valence-corrected chi connectivity index (χ0v) is 12.2. The van der Waals surface area contributed by atoms with Crippen LogP contribution in [0.1, 0.15) is 50.6 Å². The normalized spacial score (nSPS) is 15.9. The predicted octanol–water partition coefficient (Wildman–Crippen LogP) is 4.08. The fourth-order valence-corrected chi connectivity index (χ4v) is 2.55. The Bertz CT molecular complexity index is 423. The van der Waals surface area contributed by atoms with Crippen LogP contribution in [0.4, 0.5) is 0 Å². The van der Waals surface area contributed by atoms with Crippen LogP contribution >= 0.6 is 11.6 Å². The molecular formula is C15H22ClNO2. The van der Waals surface area contributed by atoms with Gasteiger partial charge in [-0.2, -0.15) is 0 Å². The van der Waals surface area contributed by atoms with E-state index in [0.29, 0.717) is 18.2 Å². The van der Waals surface area contributed by atoms with Gasteiger partial charge in [-0.05, 0) is 18.1 Å². The second-order valence-corrected chi connectivity index (χ2v) is 5.38. The van der Waals surface area contributed by atoms with Crippen LogP contribution in [-0.4, -0.2) is 13.2 Å². The molecule has 1 atom stereocenters. The van der Waals surface area contributed by atoms with Crippen LogP contribution in [0.25, 0.3) is 0 Å². The van der Waals surface area contributed by atoms with E-state index in [4.69, 9.17) is 26.8 Å². The van der Waals surface area contributed by atoms with Gasteiger partial charge in [0.05, 0.1) is 13.2 Å². The average molecular weight is 284 g/mol. The van der Waals surface area contributed by atoms with E-state index in [-0.39, 0.29) is 6.04 Å². The molecule has 0 spiro atoms. The Morgan fingerprint density at radius 1 is 1.21 bits per heavy atom. The fourth-order valence-electron chi connectivity index (χ4n) is 2.25. The van der Waals surface area contributed by atoms with Crippen LogP contribution in [0.5, 0.6) is 11.5 Å². The zero-order chi connectivity index (χ0) is 13.7. The lowest BCUT2D eigenvalue weighted by Crippen LogP contribution is -2.11. The number of hydrogen-bond donors (Lipinski definition) is 1. The second kappa shape index (κ2) is 7.01. The summed E-state index contributed by atoms with van der Waals surface area (Å²) in [5, 5.41) is 0.674. The van der Waals surface area contributed by atoms with Gasteiger partial charge in [0, 0.05) is 23.6 Å². The molecule has 0 saturated heterocycles. The van der Waals surface area contributed by atoms with Gasteiger partial charge >= 0.3 is 0 Å². The number of fused-ring (bicyclic) bond motifs is 1. The number of rotatable bonds is 5. The molecule has 106 valence electrons. The van der Waals surface area contributed by atoms with Gasteiger partial charge in [-0.15, -0.1) is 0 Å². The molecule has 0 amide bonds. The minimum atomic E-state index is -0.0313. The third kappa shape index (κ3) is 3.77. The van der Waals surface area contributed by atoms with E-state index in [2.05, 4.69) is 6.92 Å². The number of hydrogen-bond acceptors (Lipinski definition) is 3. The highest BCUT2D eigenvalue weighted by Crippen LogP contribution is 2.37. The molecule has 0 bridgehead atoms. The van der Waals surface area contributed by atoms with Crippen LogP contribution in [0.15, 0.2) is 12.1 Å². The summed E-state index contributed by atoms with van der Waals surface area (Å²) in [4.78, 5) is 0. The Labute approximate surface area is 120 Å². The molecule has 2 rings (SSSR count). The van der Waals surface area contributed by atoms with Crippen molar-refractivity contribution >= 4 is 11.6 Å². The van der Waals surface area contributed by atoms with E-state index in [9.17, 15) is 0 Å². The lowest BCUT2D eigenvalue weighted by atomic mass is 10.0. The van der Waals surface area contributed by atoms with Gasteiger partial charge in [0.1, 0.15) is 0 Å². The molecule has 1 heterocycles. The van der Waals surface area contributed by atoms with Gasteiger partial charge in [-0.3, -0.25) is 0 Å². The Hall–Kier alpha value is -0.930. The maximum Gasteiger partial charge on any atom is 0.162 e. The molecular weight excluding hydrogens is 262 g/mol. The van der Waals surface area contributed by atoms with Gasteiger partial charge in [0.15, 0.2) is 11.5 Å². The summed E-state index contributed by atoms with van der Waals surface area (Å²) in [6, 6.07) is 3.74. The molecule has 1 unspecified atom stereocenters. The second-order valence-electron chi connectivity index (χ2n) is 4.97. The molecule has 4 heteroatoms. The van der Waals surface area contributed by atoms with Gasteiger partial charge < -0.3 is 15.2 Å². The first-order valence-electron chi connectivity index (χ1n) is 7.07.